The second-order valence-corrected chi connectivity index (χ2v) is 8.59. The van der Waals surface area contributed by atoms with Crippen molar-refractivity contribution in [2.75, 3.05) is 26.7 Å². The Morgan fingerprint density at radius 2 is 1.94 bits per heavy atom. The lowest BCUT2D eigenvalue weighted by atomic mass is 10.0. The number of nitrogens with two attached hydrogens (primary N) is 1. The zero-order valence-corrected chi connectivity index (χ0v) is 18.6. The zero-order valence-electron chi connectivity index (χ0n) is 18.6. The van der Waals surface area contributed by atoms with Crippen LogP contribution in [-0.4, -0.2) is 54.7 Å². The average Bonchev–Trinajstić information content (AvgIpc) is 3.30. The minimum absolute atomic E-state index is 0.0178. The molecule has 164 valence electrons. The van der Waals surface area contributed by atoms with Crippen LogP contribution in [0, 0.1) is 0 Å². The molecular weight excluding hydrogens is 388 g/mol. The Bertz CT molecular complexity index is 971. The first-order chi connectivity index (χ1) is 15.0. The van der Waals surface area contributed by atoms with E-state index in [1.165, 1.54) is 11.1 Å². The van der Waals surface area contributed by atoms with Gasteiger partial charge in [-0.15, -0.1) is 0 Å². The highest BCUT2D eigenvalue weighted by molar-refractivity contribution is 5.99. The molecule has 1 atom stereocenters. The SMILES string of the molecule is CC(C)OCC1=C(c2ccc3c(c2)CN([C@H](CN)Cc2ccccc2)C3=O)N(C)NC1. The van der Waals surface area contributed by atoms with Crippen LogP contribution in [-0.2, 0) is 17.7 Å². The van der Waals surface area contributed by atoms with E-state index in [0.29, 0.717) is 19.7 Å². The third-order valence-electron chi connectivity index (χ3n) is 6.03. The highest BCUT2D eigenvalue weighted by atomic mass is 16.5. The molecule has 2 heterocycles. The summed E-state index contributed by atoms with van der Waals surface area (Å²) in [7, 11) is 2.02. The van der Waals surface area contributed by atoms with Crippen molar-refractivity contribution >= 4 is 11.6 Å². The van der Waals surface area contributed by atoms with Crippen LogP contribution in [0.2, 0.25) is 0 Å². The van der Waals surface area contributed by atoms with Gasteiger partial charge in [0, 0.05) is 38.3 Å². The molecule has 0 bridgehead atoms. The number of fused-ring (bicyclic) bond motifs is 1. The Morgan fingerprint density at radius 3 is 2.65 bits per heavy atom. The van der Waals surface area contributed by atoms with Crippen molar-refractivity contribution in [3.8, 4) is 0 Å². The first-order valence-electron chi connectivity index (χ1n) is 11.0. The third kappa shape index (κ3) is 4.51. The van der Waals surface area contributed by atoms with E-state index in [4.69, 9.17) is 10.5 Å². The van der Waals surface area contributed by atoms with Gasteiger partial charge in [-0.25, -0.2) is 5.43 Å². The summed E-state index contributed by atoms with van der Waals surface area (Å²) in [5.74, 6) is 0.0724. The maximum Gasteiger partial charge on any atom is 0.254 e. The maximum absolute atomic E-state index is 13.1. The Balaban J connectivity index is 1.57. The number of hydrazine groups is 1. The summed E-state index contributed by atoms with van der Waals surface area (Å²) in [6.45, 7) is 6.50. The van der Waals surface area contributed by atoms with E-state index < -0.39 is 0 Å². The van der Waals surface area contributed by atoms with Gasteiger partial charge < -0.3 is 20.4 Å². The summed E-state index contributed by atoms with van der Waals surface area (Å²) in [4.78, 5) is 15.1. The molecule has 0 aliphatic carbocycles. The summed E-state index contributed by atoms with van der Waals surface area (Å²) in [5, 5.41) is 2.05. The summed E-state index contributed by atoms with van der Waals surface area (Å²) in [5.41, 5.74) is 16.0. The van der Waals surface area contributed by atoms with E-state index in [2.05, 4.69) is 23.6 Å². The number of hydrogen-bond donors (Lipinski definition) is 2. The number of nitrogens with one attached hydrogen (secondary N) is 1. The number of rotatable bonds is 8. The second-order valence-electron chi connectivity index (χ2n) is 8.59. The van der Waals surface area contributed by atoms with Gasteiger partial charge in [-0.05, 0) is 54.7 Å². The average molecular weight is 421 g/mol. The molecule has 3 N–H and O–H groups in total. The van der Waals surface area contributed by atoms with Crippen molar-refractivity contribution < 1.29 is 9.53 Å². The van der Waals surface area contributed by atoms with Crippen LogP contribution in [0.15, 0.2) is 54.1 Å². The molecule has 0 unspecified atom stereocenters. The van der Waals surface area contributed by atoms with Crippen molar-refractivity contribution in [1.82, 2.24) is 15.3 Å². The molecule has 0 radical (unpaired) electrons. The van der Waals surface area contributed by atoms with Gasteiger partial charge in [0.05, 0.1) is 18.4 Å². The van der Waals surface area contributed by atoms with Crippen LogP contribution in [0.3, 0.4) is 0 Å². The molecular formula is C25H32N4O2. The highest BCUT2D eigenvalue weighted by Crippen LogP contribution is 2.31. The van der Waals surface area contributed by atoms with Crippen molar-refractivity contribution in [3.05, 3.63) is 76.4 Å². The van der Waals surface area contributed by atoms with Gasteiger partial charge in [-0.3, -0.25) is 4.79 Å². The topological polar surface area (TPSA) is 70.8 Å². The second kappa shape index (κ2) is 9.22. The molecule has 0 saturated heterocycles. The lowest BCUT2D eigenvalue weighted by molar-refractivity contribution is 0.0708. The smallest absolute Gasteiger partial charge is 0.254 e. The summed E-state index contributed by atoms with van der Waals surface area (Å²) >= 11 is 0. The maximum atomic E-state index is 13.1. The van der Waals surface area contributed by atoms with Gasteiger partial charge in [0.25, 0.3) is 5.91 Å². The number of carbonyl (C=O) groups is 1. The number of carbonyl (C=O) groups excluding carboxylic acids is 1. The van der Waals surface area contributed by atoms with Gasteiger partial charge in [0.2, 0.25) is 0 Å². The van der Waals surface area contributed by atoms with Gasteiger partial charge in [-0.1, -0.05) is 36.4 Å². The summed E-state index contributed by atoms with van der Waals surface area (Å²) in [6.07, 6.45) is 0.946. The Labute approximate surface area is 184 Å². The monoisotopic (exact) mass is 420 g/mol. The zero-order chi connectivity index (χ0) is 22.0. The van der Waals surface area contributed by atoms with Crippen LogP contribution in [0.25, 0.3) is 5.70 Å². The molecule has 4 rings (SSSR count). The van der Waals surface area contributed by atoms with Crippen molar-refractivity contribution in [2.45, 2.75) is 39.0 Å². The predicted molar refractivity (Wildman–Crippen MR) is 123 cm³/mol. The molecule has 0 spiro atoms. The number of amides is 1. The van der Waals surface area contributed by atoms with Crippen LogP contribution >= 0.6 is 0 Å². The number of ether oxygens (including phenoxy) is 1. The number of benzene rings is 2. The quantitative estimate of drug-likeness (QED) is 0.687. The molecule has 2 aromatic carbocycles. The van der Waals surface area contributed by atoms with Gasteiger partial charge in [0.1, 0.15) is 0 Å². The first-order valence-corrected chi connectivity index (χ1v) is 11.0. The standard InChI is InChI=1S/C25H32N4O2/c1-17(2)31-16-21-14-27-28(3)24(21)19-9-10-23-20(12-19)15-29(25(23)30)22(13-26)11-18-7-5-4-6-8-18/h4-10,12,17,22,27H,11,13-16,26H2,1-3H3/t22-/m0/s1. The fraction of sp³-hybridized carbons (Fsp3) is 0.400. The molecule has 2 aromatic rings. The van der Waals surface area contributed by atoms with E-state index in [1.807, 2.05) is 61.1 Å². The Morgan fingerprint density at radius 1 is 1.16 bits per heavy atom. The summed E-state index contributed by atoms with van der Waals surface area (Å²) in [6, 6.07) is 16.4. The minimum Gasteiger partial charge on any atom is -0.374 e. The van der Waals surface area contributed by atoms with Crippen LogP contribution in [0.1, 0.15) is 40.9 Å². The molecule has 0 fully saturated rings. The lowest BCUT2D eigenvalue weighted by Crippen LogP contribution is -2.42. The third-order valence-corrected chi connectivity index (χ3v) is 6.03. The highest BCUT2D eigenvalue weighted by Gasteiger charge is 2.33. The van der Waals surface area contributed by atoms with Crippen molar-refractivity contribution in [2.24, 2.45) is 5.73 Å². The van der Waals surface area contributed by atoms with E-state index in [-0.39, 0.29) is 18.1 Å². The lowest BCUT2D eigenvalue weighted by Gasteiger charge is -2.26. The molecule has 0 aromatic heterocycles. The molecule has 31 heavy (non-hydrogen) atoms. The van der Waals surface area contributed by atoms with Gasteiger partial charge in [-0.2, -0.15) is 0 Å². The van der Waals surface area contributed by atoms with Crippen LogP contribution in [0.4, 0.5) is 0 Å². The predicted octanol–water partition coefficient (Wildman–Crippen LogP) is 2.80. The Kier molecular flexibility index (Phi) is 6.41. The molecule has 6 nitrogen and oxygen atoms in total. The largest absolute Gasteiger partial charge is 0.374 e. The molecule has 1 amide bonds. The van der Waals surface area contributed by atoms with Crippen molar-refractivity contribution in [1.29, 1.82) is 0 Å². The van der Waals surface area contributed by atoms with E-state index >= 15 is 0 Å². The molecule has 0 saturated carbocycles. The minimum atomic E-state index is -0.0178. The van der Waals surface area contributed by atoms with Crippen LogP contribution < -0.4 is 11.2 Å². The Hall–Kier alpha value is -2.67. The van der Waals surface area contributed by atoms with E-state index in [1.54, 1.807) is 0 Å². The van der Waals surface area contributed by atoms with Gasteiger partial charge >= 0.3 is 0 Å². The molecule has 2 aliphatic heterocycles. The number of nitrogens with zero attached hydrogens (tertiary/aromatic N) is 2. The van der Waals surface area contributed by atoms with Crippen LogP contribution in [0.5, 0.6) is 0 Å². The normalized spacial score (nSPS) is 17.1. The van der Waals surface area contributed by atoms with Crippen molar-refractivity contribution in [3.63, 3.8) is 0 Å². The molecule has 2 aliphatic rings. The van der Waals surface area contributed by atoms with E-state index in [9.17, 15) is 4.79 Å². The fourth-order valence-electron chi connectivity index (χ4n) is 4.39. The summed E-state index contributed by atoms with van der Waals surface area (Å²) < 4.78 is 5.85. The molecule has 6 heteroatoms. The van der Waals surface area contributed by atoms with Gasteiger partial charge in [0.15, 0.2) is 0 Å². The fourth-order valence-corrected chi connectivity index (χ4v) is 4.39. The number of hydrogen-bond acceptors (Lipinski definition) is 5. The van der Waals surface area contributed by atoms with E-state index in [0.717, 1.165) is 35.4 Å². The first kappa shape index (κ1) is 21.6.